The first-order chi connectivity index (χ1) is 12.5. The van der Waals surface area contributed by atoms with Gasteiger partial charge in [0.25, 0.3) is 11.8 Å². The first-order valence-electron chi connectivity index (χ1n) is 8.25. The molecule has 1 atom stereocenters. The lowest BCUT2D eigenvalue weighted by Crippen LogP contribution is -2.48. The molecule has 0 spiro atoms. The standard InChI is InChI=1S/C19H19FN4O2/c1-12(2)17(22-18(25)13-7-9-14(20)10-8-13)19(26)23-24-11-21-15-5-3-4-6-16(15)24/h3-12,17H,1-2H3,(H,22,25)(H,23,26). The maximum atomic E-state index is 13.0. The number of aromatic nitrogens is 2. The van der Waals surface area contributed by atoms with Gasteiger partial charge in [-0.05, 0) is 42.3 Å². The van der Waals surface area contributed by atoms with E-state index < -0.39 is 17.8 Å². The molecule has 0 radical (unpaired) electrons. The molecule has 26 heavy (non-hydrogen) atoms. The largest absolute Gasteiger partial charge is 0.340 e. The van der Waals surface area contributed by atoms with Gasteiger partial charge in [0, 0.05) is 5.56 Å². The number of rotatable bonds is 5. The van der Waals surface area contributed by atoms with Crippen molar-refractivity contribution in [3.63, 3.8) is 0 Å². The topological polar surface area (TPSA) is 76.0 Å². The molecule has 2 N–H and O–H groups in total. The number of carbonyl (C=O) groups excluding carboxylic acids is 2. The summed E-state index contributed by atoms with van der Waals surface area (Å²) in [5.41, 5.74) is 4.55. The molecule has 0 fully saturated rings. The summed E-state index contributed by atoms with van der Waals surface area (Å²) in [6.45, 7) is 3.67. The summed E-state index contributed by atoms with van der Waals surface area (Å²) in [7, 11) is 0. The third-order valence-electron chi connectivity index (χ3n) is 4.03. The molecule has 1 aromatic heterocycles. The van der Waals surface area contributed by atoms with Crippen molar-refractivity contribution in [2.45, 2.75) is 19.9 Å². The fourth-order valence-electron chi connectivity index (χ4n) is 2.60. The minimum Gasteiger partial charge on any atom is -0.340 e. The molecule has 7 heteroatoms. The zero-order chi connectivity index (χ0) is 18.7. The quantitative estimate of drug-likeness (QED) is 0.740. The van der Waals surface area contributed by atoms with E-state index in [0.29, 0.717) is 0 Å². The van der Waals surface area contributed by atoms with E-state index in [0.717, 1.165) is 11.0 Å². The highest BCUT2D eigenvalue weighted by atomic mass is 19.1. The zero-order valence-electron chi connectivity index (χ0n) is 14.4. The highest BCUT2D eigenvalue weighted by Crippen LogP contribution is 2.11. The van der Waals surface area contributed by atoms with Crippen LogP contribution in [0.3, 0.4) is 0 Å². The van der Waals surface area contributed by atoms with Crippen molar-refractivity contribution in [2.24, 2.45) is 5.92 Å². The Hall–Kier alpha value is -3.22. The van der Waals surface area contributed by atoms with Crippen molar-refractivity contribution in [3.8, 4) is 0 Å². The molecule has 0 bridgehead atoms. The summed E-state index contributed by atoms with van der Waals surface area (Å²) < 4.78 is 14.5. The van der Waals surface area contributed by atoms with Crippen molar-refractivity contribution in [2.75, 3.05) is 5.43 Å². The Kier molecular flexibility index (Phi) is 4.97. The first-order valence-corrected chi connectivity index (χ1v) is 8.25. The number of fused-ring (bicyclic) bond motifs is 1. The van der Waals surface area contributed by atoms with Crippen LogP contribution >= 0.6 is 0 Å². The van der Waals surface area contributed by atoms with Crippen LogP contribution in [0.25, 0.3) is 11.0 Å². The number of nitrogens with one attached hydrogen (secondary N) is 2. The highest BCUT2D eigenvalue weighted by molar-refractivity contribution is 5.99. The van der Waals surface area contributed by atoms with Crippen molar-refractivity contribution < 1.29 is 14.0 Å². The number of hydrogen-bond acceptors (Lipinski definition) is 3. The zero-order valence-corrected chi connectivity index (χ0v) is 14.4. The van der Waals surface area contributed by atoms with Gasteiger partial charge in [-0.25, -0.2) is 14.1 Å². The van der Waals surface area contributed by atoms with E-state index >= 15 is 0 Å². The van der Waals surface area contributed by atoms with Gasteiger partial charge in [0.15, 0.2) is 0 Å². The molecule has 3 aromatic rings. The summed E-state index contributed by atoms with van der Waals surface area (Å²) in [6, 6.07) is 11.8. The van der Waals surface area contributed by atoms with Gasteiger partial charge in [-0.15, -0.1) is 0 Å². The van der Waals surface area contributed by atoms with Gasteiger partial charge in [-0.1, -0.05) is 26.0 Å². The van der Waals surface area contributed by atoms with Crippen molar-refractivity contribution in [1.29, 1.82) is 0 Å². The van der Waals surface area contributed by atoms with Crippen LogP contribution in [0.4, 0.5) is 4.39 Å². The van der Waals surface area contributed by atoms with Crippen LogP contribution in [0.15, 0.2) is 54.9 Å². The molecule has 2 amide bonds. The Morgan fingerprint density at radius 1 is 1.08 bits per heavy atom. The smallest absolute Gasteiger partial charge is 0.261 e. The molecular formula is C19H19FN4O2. The number of para-hydroxylation sites is 2. The van der Waals surface area contributed by atoms with Gasteiger partial charge < -0.3 is 5.32 Å². The van der Waals surface area contributed by atoms with Crippen molar-refractivity contribution in [3.05, 3.63) is 66.2 Å². The third kappa shape index (κ3) is 3.72. The van der Waals surface area contributed by atoms with Gasteiger partial charge in [-0.3, -0.25) is 15.0 Å². The van der Waals surface area contributed by atoms with Gasteiger partial charge in [0.1, 0.15) is 18.2 Å². The van der Waals surface area contributed by atoms with E-state index in [1.54, 1.807) is 0 Å². The molecule has 1 heterocycles. The van der Waals surface area contributed by atoms with E-state index in [4.69, 9.17) is 0 Å². The summed E-state index contributed by atoms with van der Waals surface area (Å²) in [4.78, 5) is 29.3. The van der Waals surface area contributed by atoms with Crippen molar-refractivity contribution >= 4 is 22.8 Å². The van der Waals surface area contributed by atoms with E-state index in [1.807, 2.05) is 38.1 Å². The van der Waals surface area contributed by atoms with Crippen LogP contribution in [0.1, 0.15) is 24.2 Å². The van der Waals surface area contributed by atoms with Crippen molar-refractivity contribution in [1.82, 2.24) is 15.0 Å². The Bertz CT molecular complexity index is 934. The van der Waals surface area contributed by atoms with Crippen LogP contribution in [-0.2, 0) is 4.79 Å². The Morgan fingerprint density at radius 2 is 1.77 bits per heavy atom. The minimum absolute atomic E-state index is 0.144. The van der Waals surface area contributed by atoms with Crippen LogP contribution in [0.5, 0.6) is 0 Å². The van der Waals surface area contributed by atoms with Gasteiger partial charge in [-0.2, -0.15) is 0 Å². The van der Waals surface area contributed by atoms with Gasteiger partial charge in [0.05, 0.1) is 11.0 Å². The first kappa shape index (κ1) is 17.6. The molecule has 134 valence electrons. The number of carbonyl (C=O) groups is 2. The van der Waals surface area contributed by atoms with Gasteiger partial charge in [0.2, 0.25) is 0 Å². The Morgan fingerprint density at radius 3 is 2.46 bits per heavy atom. The fourth-order valence-corrected chi connectivity index (χ4v) is 2.60. The van der Waals surface area contributed by atoms with E-state index in [2.05, 4.69) is 15.7 Å². The van der Waals surface area contributed by atoms with E-state index in [-0.39, 0.29) is 17.4 Å². The van der Waals surface area contributed by atoms with Crippen LogP contribution < -0.4 is 10.7 Å². The monoisotopic (exact) mass is 354 g/mol. The molecule has 3 rings (SSSR count). The summed E-state index contributed by atoms with van der Waals surface area (Å²) in [6.07, 6.45) is 1.52. The fraction of sp³-hybridized carbons (Fsp3) is 0.211. The number of hydrogen-bond donors (Lipinski definition) is 2. The van der Waals surface area contributed by atoms with E-state index in [9.17, 15) is 14.0 Å². The lowest BCUT2D eigenvalue weighted by molar-refractivity contribution is -0.119. The second kappa shape index (κ2) is 7.35. The predicted molar refractivity (Wildman–Crippen MR) is 96.6 cm³/mol. The average molecular weight is 354 g/mol. The second-order valence-corrected chi connectivity index (χ2v) is 6.28. The molecular weight excluding hydrogens is 335 g/mol. The van der Waals surface area contributed by atoms with Gasteiger partial charge >= 0.3 is 0 Å². The Balaban J connectivity index is 1.75. The minimum atomic E-state index is -0.756. The molecule has 0 aliphatic rings. The second-order valence-electron chi connectivity index (χ2n) is 6.28. The average Bonchev–Trinajstić information content (AvgIpc) is 3.02. The molecule has 0 aliphatic carbocycles. The maximum Gasteiger partial charge on any atom is 0.261 e. The number of imidazole rings is 1. The molecule has 0 aliphatic heterocycles. The van der Waals surface area contributed by atoms with Crippen LogP contribution in [0, 0.1) is 11.7 Å². The number of halogens is 1. The molecule has 2 aromatic carbocycles. The summed E-state index contributed by atoms with van der Waals surface area (Å²) in [5, 5.41) is 2.71. The SMILES string of the molecule is CC(C)C(NC(=O)c1ccc(F)cc1)C(=O)Nn1cnc2ccccc21. The van der Waals surface area contributed by atoms with Crippen LogP contribution in [-0.4, -0.2) is 27.5 Å². The molecule has 0 saturated carbocycles. The molecule has 6 nitrogen and oxygen atoms in total. The molecule has 0 saturated heterocycles. The highest BCUT2D eigenvalue weighted by Gasteiger charge is 2.25. The predicted octanol–water partition coefficient (Wildman–Crippen LogP) is 2.70. The third-order valence-corrected chi connectivity index (χ3v) is 4.03. The summed E-state index contributed by atoms with van der Waals surface area (Å²) >= 11 is 0. The molecule has 1 unspecified atom stereocenters. The Labute approximate surface area is 150 Å². The summed E-state index contributed by atoms with van der Waals surface area (Å²) in [5.74, 6) is -1.37. The maximum absolute atomic E-state index is 13.0. The lowest BCUT2D eigenvalue weighted by atomic mass is 10.0. The normalized spacial score (nSPS) is 12.2. The number of nitrogens with zero attached hydrogens (tertiary/aromatic N) is 2. The van der Waals surface area contributed by atoms with Crippen LogP contribution in [0.2, 0.25) is 0 Å². The lowest BCUT2D eigenvalue weighted by Gasteiger charge is -2.22. The van der Waals surface area contributed by atoms with E-state index in [1.165, 1.54) is 35.3 Å². The number of amides is 2. The number of benzene rings is 2.